The Kier molecular flexibility index (Phi) is 4.03. The fraction of sp³-hybridized carbons (Fsp3) is 0.0870. The van der Waals surface area contributed by atoms with Crippen molar-refractivity contribution in [2.75, 3.05) is 0 Å². The fourth-order valence-electron chi connectivity index (χ4n) is 3.66. The Bertz CT molecular complexity index is 1480. The predicted octanol–water partition coefficient (Wildman–Crippen LogP) is 3.61. The van der Waals surface area contributed by atoms with Gasteiger partial charge < -0.3 is 0 Å². The predicted molar refractivity (Wildman–Crippen MR) is 114 cm³/mol. The van der Waals surface area contributed by atoms with Crippen LogP contribution in [-0.2, 0) is 0 Å². The molecule has 7 heteroatoms. The van der Waals surface area contributed by atoms with Gasteiger partial charge in [-0.05, 0) is 49.7 Å². The summed E-state index contributed by atoms with van der Waals surface area (Å²) in [6.07, 6.45) is 1.69. The average molecular weight is 395 g/mol. The lowest BCUT2D eigenvalue weighted by Crippen LogP contribution is -2.20. The lowest BCUT2D eigenvalue weighted by molar-refractivity contribution is 0.101. The number of carbonyl (C=O) groups excluding carboxylic acids is 1. The Labute approximate surface area is 171 Å². The van der Waals surface area contributed by atoms with Crippen molar-refractivity contribution in [1.82, 2.24) is 24.4 Å². The molecule has 3 heterocycles. The van der Waals surface area contributed by atoms with Gasteiger partial charge in [0.2, 0.25) is 0 Å². The number of hydrogen-bond acceptors (Lipinski definition) is 5. The molecule has 0 atom stereocenters. The highest BCUT2D eigenvalue weighted by molar-refractivity contribution is 5.94. The van der Waals surface area contributed by atoms with Gasteiger partial charge in [0.05, 0.1) is 11.3 Å². The van der Waals surface area contributed by atoms with E-state index in [0.29, 0.717) is 22.4 Å². The van der Waals surface area contributed by atoms with Crippen LogP contribution in [0.4, 0.5) is 0 Å². The summed E-state index contributed by atoms with van der Waals surface area (Å²) in [5.74, 6) is -0.0241. The summed E-state index contributed by atoms with van der Waals surface area (Å²) in [7, 11) is 0. The summed E-state index contributed by atoms with van der Waals surface area (Å²) in [4.78, 5) is 24.6. The third-order valence-corrected chi connectivity index (χ3v) is 5.17. The van der Waals surface area contributed by atoms with Crippen LogP contribution in [0.1, 0.15) is 23.0 Å². The quantitative estimate of drug-likeness (QED) is 0.436. The van der Waals surface area contributed by atoms with E-state index in [1.54, 1.807) is 41.0 Å². The first-order chi connectivity index (χ1) is 14.5. The van der Waals surface area contributed by atoms with E-state index in [0.717, 1.165) is 16.8 Å². The lowest BCUT2D eigenvalue weighted by Gasteiger charge is -2.08. The van der Waals surface area contributed by atoms with Gasteiger partial charge in [-0.25, -0.2) is 4.52 Å². The number of aryl methyl sites for hydroxylation is 1. The number of pyridine rings is 1. The molecule has 0 amide bonds. The van der Waals surface area contributed by atoms with Crippen molar-refractivity contribution in [1.29, 1.82) is 0 Å². The van der Waals surface area contributed by atoms with Gasteiger partial charge in [-0.2, -0.15) is 5.10 Å². The molecule has 2 aromatic carbocycles. The summed E-state index contributed by atoms with van der Waals surface area (Å²) in [5, 5.41) is 13.2. The van der Waals surface area contributed by atoms with Crippen molar-refractivity contribution in [3.05, 3.63) is 88.5 Å². The molecule has 0 aliphatic rings. The molecule has 7 nitrogen and oxygen atoms in total. The zero-order valence-corrected chi connectivity index (χ0v) is 16.4. The van der Waals surface area contributed by atoms with Crippen LogP contribution in [0.25, 0.3) is 33.5 Å². The van der Waals surface area contributed by atoms with Crippen molar-refractivity contribution >= 4 is 22.5 Å². The molecule has 0 unspecified atom stereocenters. The Balaban J connectivity index is 1.71. The summed E-state index contributed by atoms with van der Waals surface area (Å²) >= 11 is 0. The minimum Gasteiger partial charge on any atom is -0.295 e. The van der Waals surface area contributed by atoms with E-state index in [1.165, 1.54) is 11.5 Å². The molecule has 0 aliphatic carbocycles. The van der Waals surface area contributed by atoms with E-state index in [-0.39, 0.29) is 16.9 Å². The van der Waals surface area contributed by atoms with Crippen molar-refractivity contribution < 1.29 is 4.79 Å². The third kappa shape index (κ3) is 2.71. The average Bonchev–Trinajstić information content (AvgIpc) is 3.11. The number of nitrogens with zero attached hydrogens (tertiary/aromatic N) is 5. The standard InChI is InChI=1S/C23H17N5O2/c1-14-20(17-6-4-3-5-7-17)22-25-24-21-19(28(22)26-14)12-13-27(23(21)30)18-10-8-16(9-11-18)15(2)29/h3-13H,1-2H3. The van der Waals surface area contributed by atoms with E-state index < -0.39 is 0 Å². The Morgan fingerprint density at radius 3 is 2.37 bits per heavy atom. The van der Waals surface area contributed by atoms with Gasteiger partial charge in [-0.3, -0.25) is 14.2 Å². The SMILES string of the molecule is CC(=O)c1ccc(-n2ccc3c(nnc4c(-c5ccccc5)c(C)nn43)c2=O)cc1. The van der Waals surface area contributed by atoms with E-state index >= 15 is 0 Å². The van der Waals surface area contributed by atoms with Gasteiger partial charge in [0, 0.05) is 17.4 Å². The van der Waals surface area contributed by atoms with Crippen molar-refractivity contribution in [2.45, 2.75) is 13.8 Å². The smallest absolute Gasteiger partial charge is 0.285 e. The van der Waals surface area contributed by atoms with Gasteiger partial charge >= 0.3 is 0 Å². The van der Waals surface area contributed by atoms with E-state index in [1.807, 2.05) is 37.3 Å². The number of fused-ring (bicyclic) bond motifs is 3. The molecule has 30 heavy (non-hydrogen) atoms. The van der Waals surface area contributed by atoms with Gasteiger partial charge in [0.15, 0.2) is 16.9 Å². The minimum atomic E-state index is -0.299. The molecular formula is C23H17N5O2. The topological polar surface area (TPSA) is 82.2 Å². The molecule has 0 radical (unpaired) electrons. The van der Waals surface area contributed by atoms with Crippen molar-refractivity contribution in [2.24, 2.45) is 0 Å². The molecule has 0 saturated heterocycles. The molecule has 0 N–H and O–H groups in total. The minimum absolute atomic E-state index is 0.0241. The van der Waals surface area contributed by atoms with Gasteiger partial charge in [0.1, 0.15) is 5.52 Å². The highest BCUT2D eigenvalue weighted by Gasteiger charge is 2.17. The van der Waals surface area contributed by atoms with Crippen molar-refractivity contribution in [3.8, 4) is 16.8 Å². The monoisotopic (exact) mass is 395 g/mol. The molecule has 0 spiro atoms. The molecule has 3 aromatic heterocycles. The van der Waals surface area contributed by atoms with Crippen LogP contribution in [0.15, 0.2) is 71.7 Å². The van der Waals surface area contributed by atoms with E-state index in [9.17, 15) is 9.59 Å². The van der Waals surface area contributed by atoms with Gasteiger partial charge in [-0.15, -0.1) is 10.2 Å². The number of benzene rings is 2. The summed E-state index contributed by atoms with van der Waals surface area (Å²) in [6, 6.07) is 18.6. The number of Topliss-reactive ketones (excluding diaryl/α,β-unsaturated/α-hetero) is 1. The number of hydrogen-bond donors (Lipinski definition) is 0. The van der Waals surface area contributed by atoms with Gasteiger partial charge in [0.25, 0.3) is 5.56 Å². The highest BCUT2D eigenvalue weighted by atomic mass is 16.1. The first kappa shape index (κ1) is 17.9. The number of carbonyl (C=O) groups is 1. The molecule has 0 aliphatic heterocycles. The maximum atomic E-state index is 13.1. The Hall–Kier alpha value is -4.13. The zero-order valence-electron chi connectivity index (χ0n) is 16.4. The van der Waals surface area contributed by atoms with E-state index in [4.69, 9.17) is 0 Å². The third-order valence-electron chi connectivity index (χ3n) is 5.17. The van der Waals surface area contributed by atoms with Crippen molar-refractivity contribution in [3.63, 3.8) is 0 Å². The summed E-state index contributed by atoms with van der Waals surface area (Å²) < 4.78 is 3.16. The van der Waals surface area contributed by atoms with Crippen LogP contribution in [0.2, 0.25) is 0 Å². The molecule has 5 aromatic rings. The molecule has 0 bridgehead atoms. The maximum absolute atomic E-state index is 13.1. The first-order valence-electron chi connectivity index (χ1n) is 9.49. The summed E-state index contributed by atoms with van der Waals surface area (Å²) in [5.41, 5.74) is 5.07. The summed E-state index contributed by atoms with van der Waals surface area (Å²) in [6.45, 7) is 3.43. The van der Waals surface area contributed by atoms with Crippen LogP contribution in [0.5, 0.6) is 0 Å². The maximum Gasteiger partial charge on any atom is 0.285 e. The Morgan fingerprint density at radius 1 is 0.933 bits per heavy atom. The van der Waals surface area contributed by atoms with Crippen LogP contribution < -0.4 is 5.56 Å². The number of rotatable bonds is 3. The second kappa shape index (κ2) is 6.73. The first-order valence-corrected chi connectivity index (χ1v) is 9.49. The molecule has 0 saturated carbocycles. The fourth-order valence-corrected chi connectivity index (χ4v) is 3.66. The molecule has 146 valence electrons. The largest absolute Gasteiger partial charge is 0.295 e. The van der Waals surface area contributed by atoms with E-state index in [2.05, 4.69) is 15.3 Å². The lowest BCUT2D eigenvalue weighted by atomic mass is 10.1. The number of aromatic nitrogens is 5. The highest BCUT2D eigenvalue weighted by Crippen LogP contribution is 2.27. The van der Waals surface area contributed by atoms with Crippen LogP contribution in [0.3, 0.4) is 0 Å². The zero-order chi connectivity index (χ0) is 20.8. The van der Waals surface area contributed by atoms with Crippen LogP contribution in [-0.4, -0.2) is 30.2 Å². The normalized spacial score (nSPS) is 11.3. The Morgan fingerprint density at radius 2 is 1.67 bits per heavy atom. The molecule has 0 fully saturated rings. The number of ketones is 1. The second-order valence-corrected chi connectivity index (χ2v) is 7.09. The van der Waals surface area contributed by atoms with Gasteiger partial charge in [-0.1, -0.05) is 30.3 Å². The molecule has 5 rings (SSSR count). The molecular weight excluding hydrogens is 378 g/mol. The second-order valence-electron chi connectivity index (χ2n) is 7.09. The van der Waals surface area contributed by atoms with Crippen LogP contribution in [0, 0.1) is 6.92 Å². The van der Waals surface area contributed by atoms with Crippen LogP contribution >= 0.6 is 0 Å².